The van der Waals surface area contributed by atoms with Crippen LogP contribution >= 0.6 is 26.6 Å². The molecule has 1 aromatic heterocycles. The zero-order valence-electron chi connectivity index (χ0n) is 7.62. The van der Waals surface area contributed by atoms with E-state index in [-0.39, 0.29) is 4.47 Å². The summed E-state index contributed by atoms with van der Waals surface area (Å²) in [5.41, 5.74) is 4.68. The van der Waals surface area contributed by atoms with Gasteiger partial charge in [0.25, 0.3) is 9.05 Å². The van der Waals surface area contributed by atoms with Gasteiger partial charge in [0, 0.05) is 16.9 Å². The topological polar surface area (TPSA) is 82.3 Å². The van der Waals surface area contributed by atoms with E-state index < -0.39 is 31.9 Å². The van der Waals surface area contributed by atoms with E-state index in [0.717, 1.165) is 6.20 Å². The third-order valence-electron chi connectivity index (χ3n) is 1.44. The summed E-state index contributed by atoms with van der Waals surface area (Å²) in [4.78, 5) is 3.22. The molecule has 0 aliphatic carbocycles. The van der Waals surface area contributed by atoms with Crippen LogP contribution in [0.1, 0.15) is 0 Å². The van der Waals surface area contributed by atoms with Crippen molar-refractivity contribution in [3.63, 3.8) is 0 Å². The van der Waals surface area contributed by atoms with Gasteiger partial charge in [0.05, 0.1) is 10.2 Å². The molecule has 0 saturated carbocycles. The lowest BCUT2D eigenvalue weighted by atomic mass is 10.4. The number of aromatic nitrogens is 1. The first-order valence-corrected chi connectivity index (χ1v) is 6.77. The van der Waals surface area contributed by atoms with Gasteiger partial charge < -0.3 is 10.5 Å². The second-order valence-electron chi connectivity index (χ2n) is 2.64. The van der Waals surface area contributed by atoms with E-state index in [1.54, 1.807) is 0 Å². The summed E-state index contributed by atoms with van der Waals surface area (Å²) in [6.45, 7) is 0. The number of halogens is 5. The maximum atomic E-state index is 12.1. The Morgan fingerprint density at radius 2 is 2.00 bits per heavy atom. The van der Waals surface area contributed by atoms with Crippen molar-refractivity contribution in [1.82, 2.24) is 4.98 Å². The Bertz CT molecular complexity index is 548. The molecule has 0 amide bonds. The SMILES string of the molecule is Nc1c(Br)cnc(S(=O)(=O)Cl)c1OC(F)(F)F. The van der Waals surface area contributed by atoms with Crippen molar-refractivity contribution in [3.8, 4) is 5.75 Å². The number of anilines is 1. The predicted octanol–water partition coefficient (Wildman–Crippen LogP) is 2.25. The van der Waals surface area contributed by atoms with E-state index in [1.807, 2.05) is 0 Å². The minimum atomic E-state index is -5.12. The molecule has 0 saturated heterocycles. The Morgan fingerprint density at radius 1 is 1.47 bits per heavy atom. The molecule has 0 bridgehead atoms. The summed E-state index contributed by atoms with van der Waals surface area (Å²) >= 11 is 2.78. The van der Waals surface area contributed by atoms with Crippen molar-refractivity contribution in [1.29, 1.82) is 0 Å². The summed E-state index contributed by atoms with van der Waals surface area (Å²) < 4.78 is 61.6. The fourth-order valence-electron chi connectivity index (χ4n) is 0.855. The zero-order chi connectivity index (χ0) is 13.4. The first-order chi connectivity index (χ1) is 7.52. The molecule has 1 heterocycles. The van der Waals surface area contributed by atoms with E-state index in [0.29, 0.717) is 0 Å². The highest BCUT2D eigenvalue weighted by Gasteiger charge is 2.36. The number of ether oxygens (including phenoxy) is 1. The minimum Gasteiger partial charge on any atom is -0.400 e. The fourth-order valence-corrected chi connectivity index (χ4v) is 2.02. The van der Waals surface area contributed by atoms with Gasteiger partial charge >= 0.3 is 6.36 Å². The van der Waals surface area contributed by atoms with Crippen molar-refractivity contribution in [2.75, 3.05) is 5.73 Å². The van der Waals surface area contributed by atoms with Gasteiger partial charge in [0.1, 0.15) is 0 Å². The fraction of sp³-hybridized carbons (Fsp3) is 0.167. The van der Waals surface area contributed by atoms with Gasteiger partial charge in [-0.3, -0.25) is 0 Å². The third-order valence-corrected chi connectivity index (χ3v) is 3.26. The number of alkyl halides is 3. The molecule has 0 atom stereocenters. The van der Waals surface area contributed by atoms with Crippen molar-refractivity contribution in [2.24, 2.45) is 0 Å². The van der Waals surface area contributed by atoms with E-state index >= 15 is 0 Å². The average Bonchev–Trinajstić information content (AvgIpc) is 2.08. The molecule has 0 aromatic carbocycles. The summed E-state index contributed by atoms with van der Waals surface area (Å²) in [6, 6.07) is 0. The van der Waals surface area contributed by atoms with Gasteiger partial charge in [0.2, 0.25) is 5.03 Å². The lowest BCUT2D eigenvalue weighted by Crippen LogP contribution is -2.20. The van der Waals surface area contributed by atoms with Crippen LogP contribution in [0.3, 0.4) is 0 Å². The molecule has 0 radical (unpaired) electrons. The number of rotatable bonds is 2. The molecular formula is C6H3BrClF3N2O3S. The van der Waals surface area contributed by atoms with Crippen LogP contribution in [-0.2, 0) is 9.05 Å². The highest BCUT2D eigenvalue weighted by molar-refractivity contribution is 9.10. The van der Waals surface area contributed by atoms with Crippen LogP contribution in [0.25, 0.3) is 0 Å². The molecule has 11 heteroatoms. The molecule has 96 valence electrons. The normalized spacial score (nSPS) is 12.5. The zero-order valence-corrected chi connectivity index (χ0v) is 10.8. The number of nitrogens with zero attached hydrogens (tertiary/aromatic N) is 1. The molecular weight excluding hydrogens is 352 g/mol. The van der Waals surface area contributed by atoms with Crippen LogP contribution in [0, 0.1) is 0 Å². The Kier molecular flexibility index (Phi) is 3.79. The standard InChI is InChI=1S/C6H3BrClF3N2O3S/c7-2-1-13-5(17(8,14)15)4(3(2)12)16-6(9,10)11/h1H,(H2,12,13). The van der Waals surface area contributed by atoms with Crippen LogP contribution in [0.5, 0.6) is 5.75 Å². The highest BCUT2D eigenvalue weighted by Crippen LogP contribution is 2.38. The lowest BCUT2D eigenvalue weighted by molar-refractivity contribution is -0.275. The Hall–Kier alpha value is -0.740. The molecule has 5 nitrogen and oxygen atoms in total. The van der Waals surface area contributed by atoms with Crippen LogP contribution < -0.4 is 10.5 Å². The number of pyridine rings is 1. The van der Waals surface area contributed by atoms with Crippen molar-refractivity contribution in [2.45, 2.75) is 11.4 Å². The molecule has 1 aromatic rings. The van der Waals surface area contributed by atoms with Gasteiger partial charge in [-0.05, 0) is 15.9 Å². The van der Waals surface area contributed by atoms with Crippen molar-refractivity contribution < 1.29 is 26.3 Å². The highest BCUT2D eigenvalue weighted by atomic mass is 79.9. The molecule has 17 heavy (non-hydrogen) atoms. The summed E-state index contributed by atoms with van der Waals surface area (Å²) in [7, 11) is 0.399. The Balaban J connectivity index is 3.48. The monoisotopic (exact) mass is 354 g/mol. The Morgan fingerprint density at radius 3 is 2.41 bits per heavy atom. The largest absolute Gasteiger partial charge is 0.573 e. The molecule has 0 unspecified atom stereocenters. The molecule has 0 spiro atoms. The number of nitrogen functional groups attached to an aromatic ring is 1. The van der Waals surface area contributed by atoms with E-state index in [2.05, 4.69) is 25.7 Å². The van der Waals surface area contributed by atoms with E-state index in [4.69, 9.17) is 16.4 Å². The third kappa shape index (κ3) is 3.61. The van der Waals surface area contributed by atoms with Crippen LogP contribution in [0.2, 0.25) is 0 Å². The molecule has 0 aliphatic heterocycles. The minimum absolute atomic E-state index is 0.0548. The summed E-state index contributed by atoms with van der Waals surface area (Å²) in [6.07, 6.45) is -4.22. The van der Waals surface area contributed by atoms with E-state index in [1.165, 1.54) is 0 Å². The first-order valence-electron chi connectivity index (χ1n) is 3.67. The maximum Gasteiger partial charge on any atom is 0.573 e. The van der Waals surface area contributed by atoms with Crippen LogP contribution in [-0.4, -0.2) is 19.8 Å². The molecule has 0 fully saturated rings. The summed E-state index contributed by atoms with van der Waals surface area (Å²) in [5, 5.41) is -1.10. The van der Waals surface area contributed by atoms with Gasteiger partial charge in [0.15, 0.2) is 5.75 Å². The van der Waals surface area contributed by atoms with Crippen molar-refractivity contribution in [3.05, 3.63) is 10.7 Å². The first kappa shape index (κ1) is 14.3. The smallest absolute Gasteiger partial charge is 0.400 e. The maximum absolute atomic E-state index is 12.1. The molecule has 0 aliphatic rings. The van der Waals surface area contributed by atoms with Gasteiger partial charge in [-0.25, -0.2) is 13.4 Å². The molecule has 1 rings (SSSR count). The Labute approximate surface area is 106 Å². The van der Waals surface area contributed by atoms with Crippen molar-refractivity contribution >= 4 is 41.4 Å². The number of nitrogens with two attached hydrogens (primary N) is 1. The van der Waals surface area contributed by atoms with Crippen LogP contribution in [0.4, 0.5) is 18.9 Å². The summed E-state index contributed by atoms with van der Waals surface area (Å²) in [5.74, 6) is -1.16. The predicted molar refractivity (Wildman–Crippen MR) is 56.1 cm³/mol. The lowest BCUT2D eigenvalue weighted by Gasteiger charge is -2.13. The number of hydrogen-bond donors (Lipinski definition) is 1. The quantitative estimate of drug-likeness (QED) is 0.823. The van der Waals surface area contributed by atoms with Gasteiger partial charge in [-0.15, -0.1) is 13.2 Å². The van der Waals surface area contributed by atoms with Gasteiger partial charge in [-0.2, -0.15) is 0 Å². The number of hydrogen-bond acceptors (Lipinski definition) is 5. The average molecular weight is 356 g/mol. The van der Waals surface area contributed by atoms with Crippen LogP contribution in [0.15, 0.2) is 15.7 Å². The van der Waals surface area contributed by atoms with E-state index in [9.17, 15) is 21.6 Å². The second kappa shape index (κ2) is 4.50. The second-order valence-corrected chi connectivity index (χ2v) is 5.98. The van der Waals surface area contributed by atoms with Gasteiger partial charge in [-0.1, -0.05) is 0 Å². The molecule has 2 N–H and O–H groups in total.